The molecule has 0 bridgehead atoms. The molecule has 3 rings (SSSR count). The van der Waals surface area contributed by atoms with Crippen molar-refractivity contribution in [3.05, 3.63) is 17.8 Å². The van der Waals surface area contributed by atoms with Gasteiger partial charge in [0.15, 0.2) is 5.82 Å². The third-order valence-corrected chi connectivity index (χ3v) is 3.62. The van der Waals surface area contributed by atoms with E-state index in [2.05, 4.69) is 21.2 Å². The van der Waals surface area contributed by atoms with E-state index in [1.165, 1.54) is 6.20 Å². The fourth-order valence-electron chi connectivity index (χ4n) is 2.70. The Hall–Kier alpha value is -2.16. The lowest BCUT2D eigenvalue weighted by Crippen LogP contribution is -2.52. The highest BCUT2D eigenvalue weighted by Crippen LogP contribution is 2.26. The number of nitrogens with zero attached hydrogens (tertiary/aromatic N) is 5. The molecule has 0 radical (unpaired) electrons. The van der Waals surface area contributed by atoms with E-state index >= 15 is 0 Å². The molecule has 1 amide bonds. The summed E-state index contributed by atoms with van der Waals surface area (Å²) < 4.78 is 0. The minimum atomic E-state index is 0.249. The molecule has 18 heavy (non-hydrogen) atoms. The molecule has 1 aromatic heterocycles. The molecule has 2 aliphatic rings. The van der Waals surface area contributed by atoms with E-state index in [4.69, 9.17) is 5.26 Å². The number of hydrogen-bond donors (Lipinski definition) is 0. The van der Waals surface area contributed by atoms with Gasteiger partial charge in [-0.1, -0.05) is 0 Å². The maximum absolute atomic E-state index is 11.6. The van der Waals surface area contributed by atoms with Gasteiger partial charge in [0, 0.05) is 32.1 Å². The molecular weight excluding hydrogens is 230 g/mol. The zero-order valence-corrected chi connectivity index (χ0v) is 9.91. The van der Waals surface area contributed by atoms with Gasteiger partial charge in [-0.15, -0.1) is 5.10 Å². The Morgan fingerprint density at radius 2 is 2.33 bits per heavy atom. The lowest BCUT2D eigenvalue weighted by Gasteiger charge is -2.38. The molecule has 6 heteroatoms. The molecular formula is C12H13N5O. The molecule has 0 spiro atoms. The van der Waals surface area contributed by atoms with Crippen molar-refractivity contribution in [2.24, 2.45) is 0 Å². The predicted octanol–water partition coefficient (Wildman–Crippen LogP) is 0.159. The molecule has 92 valence electrons. The normalized spacial score (nSPS) is 22.8. The van der Waals surface area contributed by atoms with Crippen LogP contribution in [0.5, 0.6) is 0 Å². The van der Waals surface area contributed by atoms with Crippen LogP contribution in [0.3, 0.4) is 0 Å². The SMILES string of the molecule is N#Cc1ccnnc1N1CCN2C(=O)CCC2C1. The third kappa shape index (κ3) is 1.68. The number of fused-ring (bicyclic) bond motifs is 1. The van der Waals surface area contributed by atoms with Crippen molar-refractivity contribution in [1.29, 1.82) is 5.26 Å². The fraction of sp³-hybridized carbons (Fsp3) is 0.500. The zero-order valence-electron chi connectivity index (χ0n) is 9.91. The lowest BCUT2D eigenvalue weighted by atomic mass is 10.1. The first-order chi connectivity index (χ1) is 8.79. The highest BCUT2D eigenvalue weighted by molar-refractivity contribution is 5.79. The van der Waals surface area contributed by atoms with Gasteiger partial charge in [-0.3, -0.25) is 4.79 Å². The van der Waals surface area contributed by atoms with E-state index in [-0.39, 0.29) is 11.9 Å². The number of rotatable bonds is 1. The van der Waals surface area contributed by atoms with E-state index < -0.39 is 0 Å². The van der Waals surface area contributed by atoms with Gasteiger partial charge in [0.2, 0.25) is 5.91 Å². The Labute approximate surface area is 105 Å². The van der Waals surface area contributed by atoms with Gasteiger partial charge in [0.1, 0.15) is 6.07 Å². The molecule has 3 heterocycles. The van der Waals surface area contributed by atoms with Crippen molar-refractivity contribution in [2.45, 2.75) is 18.9 Å². The molecule has 2 fully saturated rings. The second-order valence-corrected chi connectivity index (χ2v) is 4.61. The van der Waals surface area contributed by atoms with E-state index in [0.29, 0.717) is 24.3 Å². The van der Waals surface area contributed by atoms with Crippen LogP contribution in [0.2, 0.25) is 0 Å². The first-order valence-corrected chi connectivity index (χ1v) is 6.06. The summed E-state index contributed by atoms with van der Waals surface area (Å²) in [6, 6.07) is 4.08. The van der Waals surface area contributed by atoms with Crippen molar-refractivity contribution in [3.8, 4) is 6.07 Å². The van der Waals surface area contributed by atoms with Crippen LogP contribution in [0.25, 0.3) is 0 Å². The van der Waals surface area contributed by atoms with Crippen LogP contribution < -0.4 is 4.90 Å². The molecule has 2 saturated heterocycles. The molecule has 0 N–H and O–H groups in total. The smallest absolute Gasteiger partial charge is 0.223 e. The number of carbonyl (C=O) groups is 1. The summed E-state index contributed by atoms with van der Waals surface area (Å²) in [5.74, 6) is 0.887. The van der Waals surface area contributed by atoms with Crippen LogP contribution in [0.1, 0.15) is 18.4 Å². The number of carbonyl (C=O) groups excluding carboxylic acids is 1. The summed E-state index contributed by atoms with van der Waals surface area (Å²) in [5, 5.41) is 17.0. The Morgan fingerprint density at radius 3 is 3.17 bits per heavy atom. The predicted molar refractivity (Wildman–Crippen MR) is 63.7 cm³/mol. The van der Waals surface area contributed by atoms with Gasteiger partial charge in [-0.2, -0.15) is 10.4 Å². The molecule has 0 aromatic carbocycles. The van der Waals surface area contributed by atoms with Crippen molar-refractivity contribution in [2.75, 3.05) is 24.5 Å². The van der Waals surface area contributed by atoms with Crippen molar-refractivity contribution in [1.82, 2.24) is 15.1 Å². The van der Waals surface area contributed by atoms with Crippen LogP contribution in [-0.2, 0) is 4.79 Å². The molecule has 2 aliphatic heterocycles. The standard InChI is InChI=1S/C12H13N5O/c13-7-9-3-4-14-15-12(9)16-5-6-17-10(8-16)1-2-11(17)18/h3-4,10H,1-2,5-6,8H2. The largest absolute Gasteiger partial charge is 0.350 e. The van der Waals surface area contributed by atoms with Crippen molar-refractivity contribution >= 4 is 11.7 Å². The summed E-state index contributed by atoms with van der Waals surface area (Å²) >= 11 is 0. The van der Waals surface area contributed by atoms with E-state index in [9.17, 15) is 4.79 Å². The minimum absolute atomic E-state index is 0.249. The molecule has 1 aromatic rings. The van der Waals surface area contributed by atoms with Crippen LogP contribution in [0.4, 0.5) is 5.82 Å². The highest BCUT2D eigenvalue weighted by atomic mass is 16.2. The van der Waals surface area contributed by atoms with Gasteiger partial charge in [0.25, 0.3) is 0 Å². The summed E-state index contributed by atoms with van der Waals surface area (Å²) in [7, 11) is 0. The number of anilines is 1. The van der Waals surface area contributed by atoms with Crippen LogP contribution in [0, 0.1) is 11.3 Å². The summed E-state index contributed by atoms with van der Waals surface area (Å²) in [4.78, 5) is 15.6. The van der Waals surface area contributed by atoms with E-state index in [1.54, 1.807) is 6.07 Å². The number of hydrogen-bond acceptors (Lipinski definition) is 5. The van der Waals surface area contributed by atoms with Gasteiger partial charge in [-0.05, 0) is 12.5 Å². The maximum Gasteiger partial charge on any atom is 0.223 e. The van der Waals surface area contributed by atoms with Crippen molar-refractivity contribution < 1.29 is 4.79 Å². The first kappa shape index (κ1) is 11.0. The number of aromatic nitrogens is 2. The Kier molecular flexibility index (Phi) is 2.59. The summed E-state index contributed by atoms with van der Waals surface area (Å²) in [5.41, 5.74) is 0.544. The highest BCUT2D eigenvalue weighted by Gasteiger charge is 2.36. The average Bonchev–Trinajstić information content (AvgIpc) is 2.80. The fourth-order valence-corrected chi connectivity index (χ4v) is 2.70. The maximum atomic E-state index is 11.6. The number of nitriles is 1. The van der Waals surface area contributed by atoms with Gasteiger partial charge < -0.3 is 9.80 Å². The minimum Gasteiger partial charge on any atom is -0.350 e. The van der Waals surface area contributed by atoms with E-state index in [0.717, 1.165) is 19.5 Å². The Bertz CT molecular complexity index is 523. The second-order valence-electron chi connectivity index (χ2n) is 4.61. The number of amides is 1. The number of piperazine rings is 1. The molecule has 0 saturated carbocycles. The Balaban J connectivity index is 1.83. The van der Waals surface area contributed by atoms with Crippen molar-refractivity contribution in [3.63, 3.8) is 0 Å². The van der Waals surface area contributed by atoms with Gasteiger partial charge >= 0.3 is 0 Å². The molecule has 1 atom stereocenters. The lowest BCUT2D eigenvalue weighted by molar-refractivity contribution is -0.129. The first-order valence-electron chi connectivity index (χ1n) is 6.06. The Morgan fingerprint density at radius 1 is 1.44 bits per heavy atom. The zero-order chi connectivity index (χ0) is 12.5. The third-order valence-electron chi connectivity index (χ3n) is 3.62. The second kappa shape index (κ2) is 4.26. The van der Waals surface area contributed by atoms with Crippen LogP contribution >= 0.6 is 0 Å². The average molecular weight is 243 g/mol. The van der Waals surface area contributed by atoms with Gasteiger partial charge in [0.05, 0.1) is 11.8 Å². The van der Waals surface area contributed by atoms with Crippen LogP contribution in [-0.4, -0.2) is 46.7 Å². The summed E-state index contributed by atoms with van der Waals surface area (Å²) in [6.07, 6.45) is 3.07. The monoisotopic (exact) mass is 243 g/mol. The molecule has 0 aliphatic carbocycles. The quantitative estimate of drug-likeness (QED) is 0.702. The summed E-state index contributed by atoms with van der Waals surface area (Å²) in [6.45, 7) is 2.18. The van der Waals surface area contributed by atoms with Crippen LogP contribution in [0.15, 0.2) is 12.3 Å². The molecule has 6 nitrogen and oxygen atoms in total. The molecule has 1 unspecified atom stereocenters. The van der Waals surface area contributed by atoms with Gasteiger partial charge in [-0.25, -0.2) is 0 Å². The topological polar surface area (TPSA) is 73.1 Å². The van der Waals surface area contributed by atoms with E-state index in [1.807, 2.05) is 4.90 Å².